The van der Waals surface area contributed by atoms with Gasteiger partial charge in [0.25, 0.3) is 0 Å². The second kappa shape index (κ2) is 7.01. The van der Waals surface area contributed by atoms with Crippen LogP contribution in [0.1, 0.15) is 13.8 Å². The summed E-state index contributed by atoms with van der Waals surface area (Å²) in [7, 11) is -3.35. The number of hydrogen-bond acceptors (Lipinski definition) is 4. The summed E-state index contributed by atoms with van der Waals surface area (Å²) in [4.78, 5) is 0.299. The van der Waals surface area contributed by atoms with Crippen molar-refractivity contribution in [2.24, 2.45) is 0 Å². The molecule has 0 aromatic heterocycles. The molecule has 0 fully saturated rings. The zero-order chi connectivity index (χ0) is 13.6. The van der Waals surface area contributed by atoms with Gasteiger partial charge in [-0.15, -0.1) is 0 Å². The Balaban J connectivity index is 2.74. The Bertz CT molecular complexity index is 457. The van der Waals surface area contributed by atoms with E-state index < -0.39 is 10.0 Å². The molecule has 102 valence electrons. The van der Waals surface area contributed by atoms with Gasteiger partial charge in [-0.05, 0) is 37.4 Å². The maximum Gasteiger partial charge on any atom is 0.240 e. The van der Waals surface area contributed by atoms with Gasteiger partial charge in [-0.1, -0.05) is 6.92 Å². The lowest BCUT2D eigenvalue weighted by atomic mass is 10.3. The Hall–Kier alpha value is -0.720. The molecule has 0 saturated carbocycles. The SMILES string of the molecule is CCNS(=O)(=O)c1ccc(NC(C)CSC)cc1. The number of sulfonamides is 1. The molecule has 1 atom stereocenters. The lowest BCUT2D eigenvalue weighted by Crippen LogP contribution is -2.23. The summed E-state index contributed by atoms with van der Waals surface area (Å²) in [5.41, 5.74) is 0.937. The first-order chi connectivity index (χ1) is 8.49. The van der Waals surface area contributed by atoms with Crippen LogP contribution in [0.4, 0.5) is 5.69 Å². The predicted molar refractivity (Wildman–Crippen MR) is 78.8 cm³/mol. The highest BCUT2D eigenvalue weighted by molar-refractivity contribution is 7.98. The van der Waals surface area contributed by atoms with Crippen molar-refractivity contribution in [2.45, 2.75) is 24.8 Å². The molecule has 0 saturated heterocycles. The van der Waals surface area contributed by atoms with Gasteiger partial charge in [-0.25, -0.2) is 13.1 Å². The third kappa shape index (κ3) is 4.51. The van der Waals surface area contributed by atoms with E-state index in [9.17, 15) is 8.42 Å². The molecule has 0 aliphatic heterocycles. The second-order valence-electron chi connectivity index (χ2n) is 4.03. The molecule has 1 rings (SSSR count). The van der Waals surface area contributed by atoms with E-state index in [1.807, 2.05) is 0 Å². The molecule has 0 aliphatic carbocycles. The van der Waals surface area contributed by atoms with Crippen molar-refractivity contribution in [3.05, 3.63) is 24.3 Å². The molecule has 1 aromatic carbocycles. The monoisotopic (exact) mass is 288 g/mol. The maximum atomic E-state index is 11.7. The van der Waals surface area contributed by atoms with Crippen LogP contribution >= 0.6 is 11.8 Å². The van der Waals surface area contributed by atoms with Gasteiger partial charge in [-0.3, -0.25) is 0 Å². The van der Waals surface area contributed by atoms with E-state index >= 15 is 0 Å². The summed E-state index contributed by atoms with van der Waals surface area (Å²) >= 11 is 1.77. The number of rotatable bonds is 7. The average Bonchev–Trinajstić information content (AvgIpc) is 2.30. The number of nitrogens with one attached hydrogen (secondary N) is 2. The Morgan fingerprint density at radius 2 is 1.89 bits per heavy atom. The minimum atomic E-state index is -3.35. The number of benzene rings is 1. The summed E-state index contributed by atoms with van der Waals surface area (Å²) in [6, 6.07) is 7.18. The van der Waals surface area contributed by atoms with E-state index in [1.165, 1.54) is 0 Å². The van der Waals surface area contributed by atoms with Gasteiger partial charge in [0.05, 0.1) is 4.90 Å². The highest BCUT2D eigenvalue weighted by Gasteiger charge is 2.12. The van der Waals surface area contributed by atoms with Gasteiger partial charge in [-0.2, -0.15) is 11.8 Å². The van der Waals surface area contributed by atoms with Crippen LogP contribution in [0.3, 0.4) is 0 Å². The van der Waals surface area contributed by atoms with E-state index in [2.05, 4.69) is 23.2 Å². The Morgan fingerprint density at radius 3 is 2.39 bits per heavy atom. The first-order valence-electron chi connectivity index (χ1n) is 5.84. The topological polar surface area (TPSA) is 58.2 Å². The molecule has 4 nitrogen and oxygen atoms in total. The minimum Gasteiger partial charge on any atom is -0.382 e. The number of hydrogen-bond donors (Lipinski definition) is 2. The van der Waals surface area contributed by atoms with Crippen LogP contribution in [-0.4, -0.2) is 33.0 Å². The van der Waals surface area contributed by atoms with Crippen molar-refractivity contribution in [1.29, 1.82) is 0 Å². The first-order valence-corrected chi connectivity index (χ1v) is 8.72. The van der Waals surface area contributed by atoms with Crippen molar-refractivity contribution >= 4 is 27.5 Å². The molecule has 0 radical (unpaired) electrons. The van der Waals surface area contributed by atoms with Crippen molar-refractivity contribution in [2.75, 3.05) is 23.9 Å². The van der Waals surface area contributed by atoms with Gasteiger partial charge < -0.3 is 5.32 Å². The normalized spacial score (nSPS) is 13.3. The quantitative estimate of drug-likeness (QED) is 0.807. The Kier molecular flexibility index (Phi) is 5.98. The van der Waals surface area contributed by atoms with Gasteiger partial charge in [0.2, 0.25) is 10.0 Å². The van der Waals surface area contributed by atoms with Crippen molar-refractivity contribution in [1.82, 2.24) is 4.72 Å². The Labute approximate surface area is 114 Å². The first kappa shape index (κ1) is 15.3. The highest BCUT2D eigenvalue weighted by Crippen LogP contribution is 2.15. The smallest absolute Gasteiger partial charge is 0.240 e. The summed E-state index contributed by atoms with van der Waals surface area (Å²) < 4.78 is 25.9. The molecule has 2 N–H and O–H groups in total. The Morgan fingerprint density at radius 1 is 1.28 bits per heavy atom. The molecular weight excluding hydrogens is 268 g/mol. The molecule has 6 heteroatoms. The summed E-state index contributed by atoms with van der Waals surface area (Å²) in [6.07, 6.45) is 2.06. The third-order valence-electron chi connectivity index (χ3n) is 2.33. The van der Waals surface area contributed by atoms with E-state index in [0.29, 0.717) is 17.5 Å². The second-order valence-corrected chi connectivity index (χ2v) is 6.70. The molecule has 0 aliphatic rings. The summed E-state index contributed by atoms with van der Waals surface area (Å²) in [5.74, 6) is 1.01. The lowest BCUT2D eigenvalue weighted by molar-refractivity contribution is 0.584. The van der Waals surface area contributed by atoms with E-state index in [0.717, 1.165) is 11.4 Å². The van der Waals surface area contributed by atoms with E-state index in [-0.39, 0.29) is 0 Å². The fraction of sp³-hybridized carbons (Fsp3) is 0.500. The average molecular weight is 288 g/mol. The van der Waals surface area contributed by atoms with Crippen molar-refractivity contribution in [3.63, 3.8) is 0 Å². The molecule has 0 bridgehead atoms. The van der Waals surface area contributed by atoms with Crippen molar-refractivity contribution < 1.29 is 8.42 Å². The molecular formula is C12H20N2O2S2. The minimum absolute atomic E-state index is 0.299. The largest absolute Gasteiger partial charge is 0.382 e. The van der Waals surface area contributed by atoms with Crippen LogP contribution in [0.2, 0.25) is 0 Å². The molecule has 0 spiro atoms. The van der Waals surface area contributed by atoms with Gasteiger partial charge in [0.1, 0.15) is 0 Å². The maximum absolute atomic E-state index is 11.7. The third-order valence-corrected chi connectivity index (χ3v) is 4.72. The fourth-order valence-corrected chi connectivity index (χ4v) is 3.20. The molecule has 0 amide bonds. The summed E-state index contributed by atoms with van der Waals surface area (Å²) in [5, 5.41) is 3.32. The molecule has 0 heterocycles. The van der Waals surface area contributed by atoms with E-state index in [1.54, 1.807) is 43.0 Å². The van der Waals surface area contributed by atoms with Gasteiger partial charge in [0.15, 0.2) is 0 Å². The van der Waals surface area contributed by atoms with Crippen molar-refractivity contribution in [3.8, 4) is 0 Å². The van der Waals surface area contributed by atoms with Crippen LogP contribution in [0.15, 0.2) is 29.2 Å². The summed E-state index contributed by atoms with van der Waals surface area (Å²) in [6.45, 7) is 4.25. The van der Waals surface area contributed by atoms with Crippen LogP contribution < -0.4 is 10.0 Å². The molecule has 1 unspecified atom stereocenters. The van der Waals surface area contributed by atoms with Gasteiger partial charge in [0, 0.05) is 24.0 Å². The molecule has 1 aromatic rings. The fourth-order valence-electron chi connectivity index (χ4n) is 1.58. The van der Waals surface area contributed by atoms with Crippen LogP contribution in [0.25, 0.3) is 0 Å². The number of thioether (sulfide) groups is 1. The van der Waals surface area contributed by atoms with Gasteiger partial charge >= 0.3 is 0 Å². The van der Waals surface area contributed by atoms with Crippen LogP contribution in [0.5, 0.6) is 0 Å². The molecule has 18 heavy (non-hydrogen) atoms. The zero-order valence-corrected chi connectivity index (χ0v) is 12.6. The standard InChI is InChI=1S/C12H20N2O2S2/c1-4-13-18(15,16)12-7-5-11(6-8-12)14-10(2)9-17-3/h5-8,10,13-14H,4,9H2,1-3H3. The predicted octanol–water partition coefficient (Wildman–Crippen LogP) is 2.15. The number of anilines is 1. The van der Waals surface area contributed by atoms with Crippen LogP contribution in [-0.2, 0) is 10.0 Å². The van der Waals surface area contributed by atoms with E-state index in [4.69, 9.17) is 0 Å². The lowest BCUT2D eigenvalue weighted by Gasteiger charge is -2.14. The zero-order valence-electron chi connectivity index (χ0n) is 10.9. The highest BCUT2D eigenvalue weighted by atomic mass is 32.2. The van der Waals surface area contributed by atoms with Crippen LogP contribution in [0, 0.1) is 0 Å².